The van der Waals surface area contributed by atoms with E-state index in [-0.39, 0.29) is 38.1 Å². The van der Waals surface area contributed by atoms with Gasteiger partial charge < -0.3 is 14.7 Å². The molecule has 5 nitrogen and oxygen atoms in total. The van der Waals surface area contributed by atoms with Crippen LogP contribution in [0.25, 0.3) is 0 Å². The van der Waals surface area contributed by atoms with Gasteiger partial charge in [-0.25, -0.2) is 4.79 Å². The molecule has 0 aliphatic carbocycles. The molecule has 1 aliphatic heterocycles. The number of ketones is 1. The van der Waals surface area contributed by atoms with E-state index in [2.05, 4.69) is 0 Å². The number of piperidine rings is 1. The summed E-state index contributed by atoms with van der Waals surface area (Å²) in [5.74, 6) is -0.301. The predicted octanol–water partition coefficient (Wildman–Crippen LogP) is 4.22. The first-order valence-electron chi connectivity index (χ1n) is 9.58. The first-order chi connectivity index (χ1) is 13.2. The van der Waals surface area contributed by atoms with E-state index in [4.69, 9.17) is 4.74 Å². The molecule has 1 heterocycles. The second-order valence-corrected chi connectivity index (χ2v) is 8.62. The molecule has 0 radical (unpaired) electrons. The molecule has 1 aromatic rings. The second-order valence-electron chi connectivity index (χ2n) is 8.62. The van der Waals surface area contributed by atoms with Gasteiger partial charge in [0.05, 0.1) is 17.1 Å². The maximum atomic E-state index is 13.0. The van der Waals surface area contributed by atoms with Crippen molar-refractivity contribution in [3.8, 4) is 0 Å². The van der Waals surface area contributed by atoms with E-state index in [1.165, 1.54) is 17.9 Å². The molecule has 1 N–H and O–H groups in total. The fraction of sp³-hybridized carbons (Fsp3) is 0.619. The summed E-state index contributed by atoms with van der Waals surface area (Å²) in [5, 5.41) is 10.6. The zero-order chi connectivity index (χ0) is 22.0. The Kier molecular flexibility index (Phi) is 6.67. The van der Waals surface area contributed by atoms with Crippen molar-refractivity contribution in [1.82, 2.24) is 4.90 Å². The molecule has 1 aliphatic rings. The van der Waals surface area contributed by atoms with Gasteiger partial charge in [-0.2, -0.15) is 13.2 Å². The van der Waals surface area contributed by atoms with E-state index in [1.54, 1.807) is 26.8 Å². The Morgan fingerprint density at radius 2 is 1.93 bits per heavy atom. The van der Waals surface area contributed by atoms with Crippen LogP contribution in [-0.4, -0.2) is 46.7 Å². The Morgan fingerprint density at radius 3 is 2.48 bits per heavy atom. The van der Waals surface area contributed by atoms with Crippen LogP contribution in [0.1, 0.15) is 51.7 Å². The minimum absolute atomic E-state index is 0.0304. The van der Waals surface area contributed by atoms with Crippen LogP contribution in [0, 0.1) is 5.41 Å². The Hall–Kier alpha value is -2.09. The minimum Gasteiger partial charge on any atom is -0.444 e. The van der Waals surface area contributed by atoms with Gasteiger partial charge in [-0.1, -0.05) is 18.2 Å². The smallest absolute Gasteiger partial charge is 0.416 e. The molecule has 1 saturated heterocycles. The number of likely N-dealkylation sites (tertiary alicyclic amines) is 1. The van der Waals surface area contributed by atoms with Crippen LogP contribution in [0.3, 0.4) is 0 Å². The number of benzene rings is 1. The highest BCUT2D eigenvalue weighted by atomic mass is 19.4. The molecule has 162 valence electrons. The molecule has 1 amide bonds. The average Bonchev–Trinajstić information content (AvgIpc) is 2.59. The van der Waals surface area contributed by atoms with Gasteiger partial charge in [0.15, 0.2) is 0 Å². The number of rotatable bonds is 4. The zero-order valence-electron chi connectivity index (χ0n) is 17.2. The van der Waals surface area contributed by atoms with Gasteiger partial charge in [-0.05, 0) is 58.6 Å². The van der Waals surface area contributed by atoms with Gasteiger partial charge in [0.1, 0.15) is 11.4 Å². The van der Waals surface area contributed by atoms with Crippen LogP contribution >= 0.6 is 0 Å². The Bertz CT molecular complexity index is 757. The number of alkyl halides is 3. The number of Topliss-reactive ketones (excluding diaryl/α,β-unsaturated/α-hetero) is 1. The van der Waals surface area contributed by atoms with E-state index in [9.17, 15) is 27.9 Å². The molecule has 2 unspecified atom stereocenters. The van der Waals surface area contributed by atoms with Crippen LogP contribution in [0.15, 0.2) is 24.3 Å². The fourth-order valence-corrected chi connectivity index (χ4v) is 3.60. The number of hydrogen-bond donors (Lipinski definition) is 1. The molecule has 0 bridgehead atoms. The molecular weight excluding hydrogens is 387 g/mol. The van der Waals surface area contributed by atoms with Gasteiger partial charge in [0.2, 0.25) is 0 Å². The highest BCUT2D eigenvalue weighted by Gasteiger charge is 2.48. The maximum Gasteiger partial charge on any atom is 0.416 e. The molecule has 0 saturated carbocycles. The number of nitrogens with zero attached hydrogens (tertiary/aromatic N) is 1. The third-order valence-corrected chi connectivity index (χ3v) is 5.25. The Labute approximate surface area is 168 Å². The highest BCUT2D eigenvalue weighted by Crippen LogP contribution is 2.37. The van der Waals surface area contributed by atoms with Crippen molar-refractivity contribution in [2.45, 2.75) is 64.8 Å². The number of amides is 1. The van der Waals surface area contributed by atoms with Gasteiger partial charge in [0, 0.05) is 13.1 Å². The SMILES string of the molecule is CC(=O)C1(CCc2cccc(C(F)(F)F)c2)CN(C(=O)OC(C)(C)C)CCC1O. The van der Waals surface area contributed by atoms with Crippen molar-refractivity contribution in [3.63, 3.8) is 0 Å². The zero-order valence-corrected chi connectivity index (χ0v) is 17.2. The monoisotopic (exact) mass is 415 g/mol. The summed E-state index contributed by atoms with van der Waals surface area (Å²) in [6, 6.07) is 4.92. The summed E-state index contributed by atoms with van der Waals surface area (Å²) in [4.78, 5) is 26.4. The number of carbonyl (C=O) groups excluding carboxylic acids is 2. The van der Waals surface area contributed by atoms with Gasteiger partial charge in [-0.15, -0.1) is 0 Å². The van der Waals surface area contributed by atoms with Crippen LogP contribution in [0.4, 0.5) is 18.0 Å². The molecule has 2 atom stereocenters. The van der Waals surface area contributed by atoms with E-state index >= 15 is 0 Å². The van der Waals surface area contributed by atoms with E-state index in [0.717, 1.165) is 12.1 Å². The fourth-order valence-electron chi connectivity index (χ4n) is 3.60. The van der Waals surface area contributed by atoms with Crippen LogP contribution < -0.4 is 0 Å². The summed E-state index contributed by atoms with van der Waals surface area (Å²) in [6.07, 6.45) is -5.51. The topological polar surface area (TPSA) is 66.8 Å². The molecule has 1 fully saturated rings. The summed E-state index contributed by atoms with van der Waals surface area (Å²) >= 11 is 0. The minimum atomic E-state index is -4.45. The van der Waals surface area contributed by atoms with Crippen molar-refractivity contribution in [1.29, 1.82) is 0 Å². The van der Waals surface area contributed by atoms with Crippen molar-refractivity contribution >= 4 is 11.9 Å². The van der Waals surface area contributed by atoms with E-state index in [0.29, 0.717) is 5.56 Å². The number of carbonyl (C=O) groups is 2. The lowest BCUT2D eigenvalue weighted by Crippen LogP contribution is -2.57. The third kappa shape index (κ3) is 5.72. The second kappa shape index (κ2) is 8.34. The summed E-state index contributed by atoms with van der Waals surface area (Å²) in [6.45, 7) is 6.75. The first-order valence-corrected chi connectivity index (χ1v) is 9.58. The summed E-state index contributed by atoms with van der Waals surface area (Å²) in [5.41, 5.74) is -2.29. The van der Waals surface area contributed by atoms with E-state index in [1.807, 2.05) is 0 Å². The highest BCUT2D eigenvalue weighted by molar-refractivity contribution is 5.84. The molecule has 29 heavy (non-hydrogen) atoms. The van der Waals surface area contributed by atoms with Crippen LogP contribution in [0.2, 0.25) is 0 Å². The lowest BCUT2D eigenvalue weighted by atomic mass is 9.70. The molecular formula is C21H28F3NO4. The van der Waals surface area contributed by atoms with Gasteiger partial charge in [-0.3, -0.25) is 4.79 Å². The molecule has 0 spiro atoms. The van der Waals surface area contributed by atoms with Crippen LogP contribution in [0.5, 0.6) is 0 Å². The quantitative estimate of drug-likeness (QED) is 0.800. The van der Waals surface area contributed by atoms with Crippen molar-refractivity contribution in [3.05, 3.63) is 35.4 Å². The maximum absolute atomic E-state index is 13.0. The lowest BCUT2D eigenvalue weighted by molar-refractivity contribution is -0.141. The molecule has 1 aromatic carbocycles. The number of aliphatic hydroxyl groups excluding tert-OH is 1. The lowest BCUT2D eigenvalue weighted by Gasteiger charge is -2.44. The first kappa shape index (κ1) is 23.2. The van der Waals surface area contributed by atoms with Crippen molar-refractivity contribution in [2.75, 3.05) is 13.1 Å². The standard InChI is InChI=1S/C21H28F3NO4/c1-14(26)20(10-8-15-6-5-7-16(12-15)21(22,23)24)13-25(11-9-17(20)27)18(28)29-19(2,3)4/h5-7,12,17,27H,8-11,13H2,1-4H3. The van der Waals surface area contributed by atoms with Crippen LogP contribution in [-0.2, 0) is 22.1 Å². The van der Waals surface area contributed by atoms with Crippen molar-refractivity contribution in [2.24, 2.45) is 5.41 Å². The van der Waals surface area contributed by atoms with Gasteiger partial charge in [0.25, 0.3) is 0 Å². The number of aliphatic hydroxyl groups is 1. The number of halogens is 3. The number of ether oxygens (including phenoxy) is 1. The molecule has 2 rings (SSSR count). The third-order valence-electron chi connectivity index (χ3n) is 5.25. The Balaban J connectivity index is 2.21. The predicted molar refractivity (Wildman–Crippen MR) is 101 cm³/mol. The largest absolute Gasteiger partial charge is 0.444 e. The van der Waals surface area contributed by atoms with E-state index < -0.39 is 35.0 Å². The van der Waals surface area contributed by atoms with Crippen molar-refractivity contribution < 1.29 is 32.6 Å². The van der Waals surface area contributed by atoms with Gasteiger partial charge >= 0.3 is 12.3 Å². The number of aryl methyl sites for hydroxylation is 1. The average molecular weight is 415 g/mol. The summed E-state index contributed by atoms with van der Waals surface area (Å²) < 4.78 is 44.2. The number of hydrogen-bond acceptors (Lipinski definition) is 4. The normalized spacial score (nSPS) is 23.0. The summed E-state index contributed by atoms with van der Waals surface area (Å²) in [7, 11) is 0. The Morgan fingerprint density at radius 1 is 1.28 bits per heavy atom. The molecule has 8 heteroatoms. The molecule has 0 aromatic heterocycles.